The standard InChI is InChI=1S/C31H34O7/c1-18-11-24(37-17-22(33)15-32)12-19(2)30(18)25-6-4-5-21(20(25)3)16-36-23-7-8-26-27(14-29(34)35)31(9-10-31)38-28(26)13-23/h4-8,11-13,22,27,32-33H,9-10,14-17H2,1-3H3,(H,34,35)/t22-,27-/m0/s1. The third kappa shape index (κ3) is 5.08. The van der Waals surface area contributed by atoms with Gasteiger partial charge in [-0.25, -0.2) is 0 Å². The van der Waals surface area contributed by atoms with Gasteiger partial charge in [0.2, 0.25) is 0 Å². The first-order valence-electron chi connectivity index (χ1n) is 13.0. The molecule has 5 rings (SSSR count). The van der Waals surface area contributed by atoms with Crippen molar-refractivity contribution in [1.29, 1.82) is 0 Å². The lowest BCUT2D eigenvalue weighted by Crippen LogP contribution is -2.22. The molecule has 200 valence electrons. The van der Waals surface area contributed by atoms with Crippen LogP contribution in [0, 0.1) is 20.8 Å². The Kier molecular flexibility index (Phi) is 7.07. The minimum atomic E-state index is -0.910. The fraction of sp³-hybridized carbons (Fsp3) is 0.387. The van der Waals surface area contributed by atoms with Crippen LogP contribution in [0.2, 0.25) is 0 Å². The van der Waals surface area contributed by atoms with E-state index in [1.54, 1.807) is 0 Å². The molecule has 0 amide bonds. The number of aliphatic carboxylic acids is 1. The van der Waals surface area contributed by atoms with E-state index in [0.29, 0.717) is 18.1 Å². The average molecular weight is 519 g/mol. The smallest absolute Gasteiger partial charge is 0.304 e. The van der Waals surface area contributed by atoms with Crippen LogP contribution in [0.1, 0.15) is 53.0 Å². The van der Waals surface area contributed by atoms with E-state index in [-0.39, 0.29) is 31.2 Å². The summed E-state index contributed by atoms with van der Waals surface area (Å²) in [5, 5.41) is 28.0. The van der Waals surface area contributed by atoms with Crippen LogP contribution >= 0.6 is 0 Å². The van der Waals surface area contributed by atoms with Gasteiger partial charge in [0.25, 0.3) is 0 Å². The number of carboxylic acids is 1. The highest BCUT2D eigenvalue weighted by Crippen LogP contribution is 2.59. The summed E-state index contributed by atoms with van der Waals surface area (Å²) in [6.07, 6.45) is 0.944. The molecule has 1 aliphatic carbocycles. The van der Waals surface area contributed by atoms with Crippen molar-refractivity contribution >= 4 is 5.97 Å². The van der Waals surface area contributed by atoms with Gasteiger partial charge in [-0.2, -0.15) is 0 Å². The molecular weight excluding hydrogens is 484 g/mol. The molecule has 3 N–H and O–H groups in total. The molecule has 0 bridgehead atoms. The molecule has 1 spiro atoms. The minimum Gasteiger partial charge on any atom is -0.491 e. The number of hydrogen-bond donors (Lipinski definition) is 3. The molecule has 7 nitrogen and oxygen atoms in total. The van der Waals surface area contributed by atoms with Gasteiger partial charge in [-0.1, -0.05) is 24.3 Å². The van der Waals surface area contributed by atoms with E-state index in [4.69, 9.17) is 19.3 Å². The predicted octanol–water partition coefficient (Wildman–Crippen LogP) is 5.07. The van der Waals surface area contributed by atoms with Crippen LogP contribution in [0.15, 0.2) is 48.5 Å². The summed E-state index contributed by atoms with van der Waals surface area (Å²) < 4.78 is 18.0. The molecule has 0 radical (unpaired) electrons. The van der Waals surface area contributed by atoms with Crippen molar-refractivity contribution in [2.75, 3.05) is 13.2 Å². The number of fused-ring (bicyclic) bond motifs is 1. The Morgan fingerprint density at radius 3 is 2.45 bits per heavy atom. The third-order valence-electron chi connectivity index (χ3n) is 7.70. The van der Waals surface area contributed by atoms with Crippen molar-refractivity contribution in [3.8, 4) is 28.4 Å². The number of aryl methyl sites for hydroxylation is 2. The molecule has 1 aliphatic heterocycles. The maximum atomic E-state index is 11.4. The number of ether oxygens (including phenoxy) is 3. The number of benzene rings is 3. The maximum Gasteiger partial charge on any atom is 0.304 e. The molecule has 0 aromatic heterocycles. The van der Waals surface area contributed by atoms with Crippen molar-refractivity contribution in [2.24, 2.45) is 0 Å². The van der Waals surface area contributed by atoms with Gasteiger partial charge in [0.05, 0.1) is 13.0 Å². The summed E-state index contributed by atoms with van der Waals surface area (Å²) in [4.78, 5) is 11.4. The van der Waals surface area contributed by atoms with Crippen LogP contribution in [0.25, 0.3) is 11.1 Å². The average Bonchev–Trinajstić information content (AvgIpc) is 3.59. The van der Waals surface area contributed by atoms with Crippen molar-refractivity contribution in [3.63, 3.8) is 0 Å². The van der Waals surface area contributed by atoms with Gasteiger partial charge in [-0.15, -0.1) is 0 Å². The molecule has 38 heavy (non-hydrogen) atoms. The molecule has 2 atom stereocenters. The van der Waals surface area contributed by atoms with Crippen LogP contribution in [0.5, 0.6) is 17.2 Å². The fourth-order valence-corrected chi connectivity index (χ4v) is 5.55. The van der Waals surface area contributed by atoms with Gasteiger partial charge in [-0.3, -0.25) is 4.79 Å². The Labute approximate surface area is 222 Å². The van der Waals surface area contributed by atoms with E-state index in [0.717, 1.165) is 57.5 Å². The zero-order chi connectivity index (χ0) is 27.0. The quantitative estimate of drug-likeness (QED) is 0.344. The lowest BCUT2D eigenvalue weighted by Gasteiger charge is -2.18. The summed E-state index contributed by atoms with van der Waals surface area (Å²) in [7, 11) is 0. The predicted molar refractivity (Wildman–Crippen MR) is 143 cm³/mol. The van der Waals surface area contributed by atoms with E-state index >= 15 is 0 Å². The number of carbonyl (C=O) groups is 1. The van der Waals surface area contributed by atoms with Crippen molar-refractivity contribution in [1.82, 2.24) is 0 Å². The third-order valence-corrected chi connectivity index (χ3v) is 7.70. The van der Waals surface area contributed by atoms with Crippen LogP contribution < -0.4 is 14.2 Å². The van der Waals surface area contributed by atoms with E-state index in [1.807, 2.05) is 50.2 Å². The summed E-state index contributed by atoms with van der Waals surface area (Å²) in [6.45, 7) is 6.25. The van der Waals surface area contributed by atoms with Gasteiger partial charge in [0, 0.05) is 17.5 Å². The second kappa shape index (κ2) is 10.3. The van der Waals surface area contributed by atoms with Crippen LogP contribution in [-0.4, -0.2) is 46.2 Å². The van der Waals surface area contributed by atoms with Gasteiger partial charge < -0.3 is 29.5 Å². The highest BCUT2D eigenvalue weighted by atomic mass is 16.5. The van der Waals surface area contributed by atoms with Crippen molar-refractivity contribution in [2.45, 2.75) is 64.3 Å². The van der Waals surface area contributed by atoms with Gasteiger partial charge in [0.15, 0.2) is 0 Å². The van der Waals surface area contributed by atoms with E-state index in [9.17, 15) is 15.0 Å². The van der Waals surface area contributed by atoms with E-state index < -0.39 is 12.1 Å². The number of rotatable bonds is 10. The van der Waals surface area contributed by atoms with Crippen molar-refractivity contribution < 1.29 is 34.3 Å². The first-order chi connectivity index (χ1) is 18.2. The lowest BCUT2D eigenvalue weighted by molar-refractivity contribution is -0.138. The number of hydrogen-bond acceptors (Lipinski definition) is 6. The highest BCUT2D eigenvalue weighted by Gasteiger charge is 2.57. The second-order valence-electron chi connectivity index (χ2n) is 10.5. The SMILES string of the molecule is Cc1cc(OC[C@@H](O)CO)cc(C)c1-c1cccc(COc2ccc3c(c2)OC2(CC2)[C@H]3CC(=O)O)c1C. The Morgan fingerprint density at radius 2 is 1.79 bits per heavy atom. The monoisotopic (exact) mass is 518 g/mol. The van der Waals surface area contributed by atoms with Gasteiger partial charge in [0.1, 0.15) is 42.2 Å². The second-order valence-corrected chi connectivity index (χ2v) is 10.5. The first kappa shape index (κ1) is 26.1. The summed E-state index contributed by atoms with van der Waals surface area (Å²) in [6, 6.07) is 15.8. The molecule has 3 aromatic carbocycles. The number of aliphatic hydroxyl groups excluding tert-OH is 2. The summed E-state index contributed by atoms with van der Waals surface area (Å²) in [5.74, 6) is 1.18. The Morgan fingerprint density at radius 1 is 1.05 bits per heavy atom. The normalized spacial score (nSPS) is 17.6. The number of aliphatic hydroxyl groups is 2. The Bertz CT molecular complexity index is 1340. The van der Waals surface area contributed by atoms with E-state index in [2.05, 4.69) is 19.1 Å². The molecule has 7 heteroatoms. The number of carboxylic acid groups (broad SMARTS) is 1. The largest absolute Gasteiger partial charge is 0.491 e. The topological polar surface area (TPSA) is 105 Å². The zero-order valence-electron chi connectivity index (χ0n) is 22.0. The molecule has 1 saturated carbocycles. The molecule has 1 heterocycles. The minimum absolute atomic E-state index is 0.0372. The first-order valence-corrected chi connectivity index (χ1v) is 13.0. The highest BCUT2D eigenvalue weighted by molar-refractivity contribution is 5.75. The lowest BCUT2D eigenvalue weighted by atomic mass is 9.90. The van der Waals surface area contributed by atoms with Gasteiger partial charge in [-0.05, 0) is 85.2 Å². The Balaban J connectivity index is 1.33. The molecule has 0 unspecified atom stereocenters. The molecule has 1 fully saturated rings. The fourth-order valence-electron chi connectivity index (χ4n) is 5.55. The maximum absolute atomic E-state index is 11.4. The molecule has 3 aromatic rings. The van der Waals surface area contributed by atoms with Crippen LogP contribution in [0.3, 0.4) is 0 Å². The van der Waals surface area contributed by atoms with Crippen molar-refractivity contribution in [3.05, 3.63) is 76.3 Å². The molecule has 0 saturated heterocycles. The summed E-state index contributed by atoms with van der Waals surface area (Å²) >= 11 is 0. The van der Waals surface area contributed by atoms with Crippen LogP contribution in [0.4, 0.5) is 0 Å². The molecule has 2 aliphatic rings. The molecular formula is C31H34O7. The zero-order valence-corrected chi connectivity index (χ0v) is 22.0. The van der Waals surface area contributed by atoms with Crippen LogP contribution in [-0.2, 0) is 11.4 Å². The van der Waals surface area contributed by atoms with E-state index in [1.165, 1.54) is 0 Å². The van der Waals surface area contributed by atoms with Gasteiger partial charge >= 0.3 is 5.97 Å². The Hall–Kier alpha value is -3.55. The summed E-state index contributed by atoms with van der Waals surface area (Å²) in [5.41, 5.74) is 7.16.